The van der Waals surface area contributed by atoms with Crippen molar-refractivity contribution in [3.8, 4) is 11.3 Å². The number of imidazole rings is 1. The molecule has 33 heavy (non-hydrogen) atoms. The average Bonchev–Trinajstić information content (AvgIpc) is 3.22. The Morgan fingerprint density at radius 1 is 1.06 bits per heavy atom. The van der Waals surface area contributed by atoms with E-state index >= 15 is 0 Å². The van der Waals surface area contributed by atoms with Crippen LogP contribution in [0.4, 0.5) is 4.79 Å². The number of alkyl carbamates (subject to hydrolysis) is 1. The number of aromatic nitrogens is 2. The molecule has 0 saturated heterocycles. The van der Waals surface area contributed by atoms with Crippen LogP contribution < -0.4 is 5.32 Å². The third kappa shape index (κ3) is 8.60. The zero-order valence-electron chi connectivity index (χ0n) is 19.5. The average molecular weight is 578 g/mol. The van der Waals surface area contributed by atoms with E-state index in [1.165, 1.54) is 5.56 Å². The molecule has 1 heterocycles. The molecule has 0 bridgehead atoms. The van der Waals surface area contributed by atoms with E-state index in [1.807, 2.05) is 41.1 Å². The van der Waals surface area contributed by atoms with Crippen LogP contribution in [-0.4, -0.2) is 30.3 Å². The normalized spacial score (nSPS) is 11.4. The van der Waals surface area contributed by atoms with Crippen LogP contribution in [0.25, 0.3) is 11.3 Å². The molecular formula is C25H32IN3O3Si. The van der Waals surface area contributed by atoms with Crippen LogP contribution in [0.5, 0.6) is 0 Å². The van der Waals surface area contributed by atoms with Gasteiger partial charge in [0, 0.05) is 30.9 Å². The predicted molar refractivity (Wildman–Crippen MR) is 143 cm³/mol. The van der Waals surface area contributed by atoms with Gasteiger partial charge in [-0.25, -0.2) is 9.78 Å². The van der Waals surface area contributed by atoms with Crippen molar-refractivity contribution in [3.05, 3.63) is 77.7 Å². The van der Waals surface area contributed by atoms with Gasteiger partial charge in [0.2, 0.25) is 0 Å². The fraction of sp³-hybridized carbons (Fsp3) is 0.360. The number of nitrogens with one attached hydrogen (secondary N) is 1. The molecule has 1 amide bonds. The van der Waals surface area contributed by atoms with Gasteiger partial charge < -0.3 is 19.4 Å². The predicted octanol–water partition coefficient (Wildman–Crippen LogP) is 6.22. The highest BCUT2D eigenvalue weighted by atomic mass is 127. The van der Waals surface area contributed by atoms with Crippen molar-refractivity contribution in [3.63, 3.8) is 0 Å². The Kier molecular flexibility index (Phi) is 9.51. The van der Waals surface area contributed by atoms with E-state index in [0.717, 1.165) is 39.7 Å². The van der Waals surface area contributed by atoms with Gasteiger partial charge in [0.15, 0.2) is 0 Å². The maximum atomic E-state index is 12.2. The van der Waals surface area contributed by atoms with Crippen LogP contribution in [0, 0.1) is 0 Å². The highest BCUT2D eigenvalue weighted by Gasteiger charge is 2.14. The second kappa shape index (κ2) is 12.3. The maximum Gasteiger partial charge on any atom is 0.407 e. The number of alkyl halides is 1. The lowest BCUT2D eigenvalue weighted by atomic mass is 10.1. The smallest absolute Gasteiger partial charge is 0.407 e. The molecule has 1 N–H and O–H groups in total. The first-order valence-electron chi connectivity index (χ1n) is 11.1. The molecule has 176 valence electrons. The second-order valence-electron chi connectivity index (χ2n) is 9.11. The van der Waals surface area contributed by atoms with Gasteiger partial charge in [-0.3, -0.25) is 0 Å². The molecule has 0 aliphatic carbocycles. The summed E-state index contributed by atoms with van der Waals surface area (Å²) in [6.07, 6.45) is 1.51. The molecule has 0 fully saturated rings. The summed E-state index contributed by atoms with van der Waals surface area (Å²) in [7, 11) is -1.16. The second-order valence-corrected chi connectivity index (χ2v) is 15.5. The number of rotatable bonds is 11. The zero-order chi connectivity index (χ0) is 23.7. The number of benzene rings is 2. The standard InChI is InChI=1S/C25H32IN3O3Si/c1-33(2,3)14-13-31-19-29-17-23(22-11-9-20(15-26)10-12-22)28-24(29)16-27-25(30)32-18-21-7-5-4-6-8-21/h4-12,17H,13-16,18-19H2,1-3H3,(H,27,30). The molecule has 0 saturated carbocycles. The van der Waals surface area contributed by atoms with E-state index < -0.39 is 14.2 Å². The summed E-state index contributed by atoms with van der Waals surface area (Å²) in [6, 6.07) is 19.1. The number of carbonyl (C=O) groups is 1. The Hall–Kier alpha value is -2.17. The lowest BCUT2D eigenvalue weighted by Crippen LogP contribution is -2.26. The summed E-state index contributed by atoms with van der Waals surface area (Å²) in [6.45, 7) is 8.62. The Morgan fingerprint density at radius 3 is 2.45 bits per heavy atom. The Balaban J connectivity index is 1.64. The van der Waals surface area contributed by atoms with Crippen molar-refractivity contribution in [2.75, 3.05) is 6.61 Å². The molecule has 0 aliphatic heterocycles. The minimum atomic E-state index is -1.16. The Morgan fingerprint density at radius 2 is 1.79 bits per heavy atom. The summed E-state index contributed by atoms with van der Waals surface area (Å²) in [5, 5.41) is 2.81. The number of hydrogen-bond acceptors (Lipinski definition) is 4. The van der Waals surface area contributed by atoms with Crippen LogP contribution in [-0.2, 0) is 33.8 Å². The zero-order valence-corrected chi connectivity index (χ0v) is 22.7. The number of halogens is 1. The minimum Gasteiger partial charge on any atom is -0.445 e. The molecular weight excluding hydrogens is 545 g/mol. The minimum absolute atomic E-state index is 0.231. The van der Waals surface area contributed by atoms with Crippen LogP contribution in [0.2, 0.25) is 25.7 Å². The SMILES string of the molecule is C[Si](C)(C)CCOCn1cc(-c2ccc(CI)cc2)nc1CNC(=O)OCc1ccccc1. The first-order valence-corrected chi connectivity index (χ1v) is 16.3. The number of nitrogens with zero attached hydrogens (tertiary/aromatic N) is 2. The lowest BCUT2D eigenvalue weighted by molar-refractivity contribution is 0.0845. The summed E-state index contributed by atoms with van der Waals surface area (Å²) in [5.74, 6) is 0.729. The molecule has 2 aromatic carbocycles. The van der Waals surface area contributed by atoms with Gasteiger partial charge in [0.1, 0.15) is 19.2 Å². The van der Waals surface area contributed by atoms with Crippen molar-refractivity contribution in [2.45, 2.75) is 50.0 Å². The number of ether oxygens (including phenoxy) is 2. The fourth-order valence-electron chi connectivity index (χ4n) is 3.08. The Labute approximate surface area is 210 Å². The third-order valence-electron chi connectivity index (χ3n) is 5.09. The quantitative estimate of drug-likeness (QED) is 0.127. The van der Waals surface area contributed by atoms with Gasteiger partial charge in [-0.15, -0.1) is 0 Å². The first-order chi connectivity index (χ1) is 15.8. The van der Waals surface area contributed by atoms with E-state index in [-0.39, 0.29) is 13.2 Å². The first kappa shape index (κ1) is 25.4. The summed E-state index contributed by atoms with van der Waals surface area (Å²) < 4.78 is 14.2. The lowest BCUT2D eigenvalue weighted by Gasteiger charge is -2.16. The Bertz CT molecular complexity index is 1020. The number of carbonyl (C=O) groups excluding carboxylic acids is 1. The molecule has 0 spiro atoms. The summed E-state index contributed by atoms with van der Waals surface area (Å²) in [4.78, 5) is 17.0. The van der Waals surface area contributed by atoms with Gasteiger partial charge >= 0.3 is 6.09 Å². The van der Waals surface area contributed by atoms with E-state index in [4.69, 9.17) is 14.5 Å². The van der Waals surface area contributed by atoms with Crippen LogP contribution in [0.15, 0.2) is 60.8 Å². The highest BCUT2D eigenvalue weighted by Crippen LogP contribution is 2.21. The van der Waals surface area contributed by atoms with E-state index in [2.05, 4.69) is 71.8 Å². The monoisotopic (exact) mass is 577 g/mol. The van der Waals surface area contributed by atoms with Crippen molar-refractivity contribution in [2.24, 2.45) is 0 Å². The van der Waals surface area contributed by atoms with Crippen molar-refractivity contribution in [1.82, 2.24) is 14.9 Å². The van der Waals surface area contributed by atoms with Gasteiger partial charge in [0.05, 0.1) is 12.2 Å². The topological polar surface area (TPSA) is 65.4 Å². The van der Waals surface area contributed by atoms with E-state index in [1.54, 1.807) is 0 Å². The molecule has 8 heteroatoms. The maximum absolute atomic E-state index is 12.2. The van der Waals surface area contributed by atoms with Crippen LogP contribution in [0.3, 0.4) is 0 Å². The van der Waals surface area contributed by atoms with Gasteiger partial charge in [-0.1, -0.05) is 96.8 Å². The van der Waals surface area contributed by atoms with E-state index in [9.17, 15) is 4.79 Å². The fourth-order valence-corrected chi connectivity index (χ4v) is 4.34. The number of hydrogen-bond donors (Lipinski definition) is 1. The van der Waals surface area contributed by atoms with Crippen LogP contribution >= 0.6 is 22.6 Å². The molecule has 1 aromatic heterocycles. The molecule has 0 radical (unpaired) electrons. The third-order valence-corrected chi connectivity index (χ3v) is 7.68. The molecule has 0 aliphatic rings. The van der Waals surface area contributed by atoms with Crippen molar-refractivity contribution in [1.29, 1.82) is 0 Å². The number of amides is 1. The summed E-state index contributed by atoms with van der Waals surface area (Å²) >= 11 is 2.36. The van der Waals surface area contributed by atoms with Gasteiger partial charge in [-0.2, -0.15) is 0 Å². The highest BCUT2D eigenvalue weighted by molar-refractivity contribution is 14.1. The van der Waals surface area contributed by atoms with Gasteiger partial charge in [-0.05, 0) is 17.2 Å². The summed E-state index contributed by atoms with van der Waals surface area (Å²) in [5.41, 5.74) is 4.12. The molecule has 0 unspecified atom stereocenters. The van der Waals surface area contributed by atoms with Crippen LogP contribution in [0.1, 0.15) is 17.0 Å². The molecule has 3 aromatic rings. The molecule has 3 rings (SSSR count). The van der Waals surface area contributed by atoms with Gasteiger partial charge in [0.25, 0.3) is 0 Å². The van der Waals surface area contributed by atoms with Crippen molar-refractivity contribution < 1.29 is 14.3 Å². The molecule has 0 atom stereocenters. The molecule has 6 nitrogen and oxygen atoms in total. The largest absolute Gasteiger partial charge is 0.445 e. The van der Waals surface area contributed by atoms with Crippen molar-refractivity contribution >= 4 is 36.8 Å². The van der Waals surface area contributed by atoms with E-state index in [0.29, 0.717) is 6.73 Å².